The Morgan fingerprint density at radius 2 is 1.57 bits per heavy atom. The van der Waals surface area contributed by atoms with Crippen LogP contribution >= 0.6 is 0 Å². The van der Waals surface area contributed by atoms with Gasteiger partial charge in [0.25, 0.3) is 0 Å². The zero-order chi connectivity index (χ0) is 24.4. The first kappa shape index (κ1) is 25.9. The summed E-state index contributed by atoms with van der Waals surface area (Å²) in [5.74, 6) is 2.79. The first-order valence-corrected chi connectivity index (χ1v) is 16.2. The van der Waals surface area contributed by atoms with Crippen molar-refractivity contribution in [2.45, 2.75) is 102 Å². The molecule has 3 unspecified atom stereocenters. The number of nitrogens with one attached hydrogen (secondary N) is 2. The normalized spacial score (nSPS) is 36.7. The highest BCUT2D eigenvalue weighted by Gasteiger charge is 2.45. The molecule has 3 heterocycles. The second kappa shape index (κ2) is 11.4. The van der Waals surface area contributed by atoms with Gasteiger partial charge >= 0.3 is 0 Å². The number of amides is 1. The van der Waals surface area contributed by atoms with Gasteiger partial charge in [0.05, 0.1) is 11.2 Å². The minimum absolute atomic E-state index is 0.0375. The second-order valence-corrected chi connectivity index (χ2v) is 14.6. The molecule has 8 heteroatoms. The first-order chi connectivity index (χ1) is 16.9. The van der Waals surface area contributed by atoms with Crippen LogP contribution in [0.15, 0.2) is 0 Å². The van der Waals surface area contributed by atoms with Gasteiger partial charge in [-0.05, 0) is 87.9 Å². The maximum atomic E-state index is 13.2. The van der Waals surface area contributed by atoms with Crippen molar-refractivity contribution in [1.82, 2.24) is 20.1 Å². The Bertz CT molecular complexity index is 814. The van der Waals surface area contributed by atoms with Crippen molar-refractivity contribution in [2.75, 3.05) is 32.7 Å². The highest BCUT2D eigenvalue weighted by molar-refractivity contribution is 7.89. The van der Waals surface area contributed by atoms with Crippen LogP contribution in [0.5, 0.6) is 0 Å². The minimum Gasteiger partial charge on any atom is -0.355 e. The third kappa shape index (κ3) is 5.91. The average Bonchev–Trinajstić information content (AvgIpc) is 3.32. The molecule has 35 heavy (non-hydrogen) atoms. The number of piperidine rings is 2. The lowest BCUT2D eigenvalue weighted by molar-refractivity contribution is -0.126. The van der Waals surface area contributed by atoms with Crippen molar-refractivity contribution in [3.05, 3.63) is 0 Å². The average molecular weight is 509 g/mol. The van der Waals surface area contributed by atoms with E-state index in [0.717, 1.165) is 71.0 Å². The minimum atomic E-state index is -3.15. The van der Waals surface area contributed by atoms with Gasteiger partial charge in [0.2, 0.25) is 15.9 Å². The largest absolute Gasteiger partial charge is 0.355 e. The second-order valence-electron chi connectivity index (χ2n) is 12.4. The molecule has 3 aliphatic heterocycles. The van der Waals surface area contributed by atoms with Gasteiger partial charge < -0.3 is 5.32 Å². The third-order valence-corrected chi connectivity index (χ3v) is 12.6. The number of carbonyl (C=O) groups is 1. The summed E-state index contributed by atoms with van der Waals surface area (Å²) in [4.78, 5) is 13.1. The van der Waals surface area contributed by atoms with E-state index in [1.165, 1.54) is 32.1 Å². The summed E-state index contributed by atoms with van der Waals surface area (Å²) >= 11 is 0. The fourth-order valence-electron chi connectivity index (χ4n) is 7.76. The quantitative estimate of drug-likeness (QED) is 0.574. The van der Waals surface area contributed by atoms with Crippen LogP contribution in [0.3, 0.4) is 0 Å². The Morgan fingerprint density at radius 3 is 2.29 bits per heavy atom. The number of sulfonamides is 1. The number of fused-ring (bicyclic) bond motifs is 1. The van der Waals surface area contributed by atoms with Crippen LogP contribution in [0.25, 0.3) is 0 Å². The lowest BCUT2D eigenvalue weighted by Gasteiger charge is -2.42. The maximum Gasteiger partial charge on any atom is 0.226 e. The molecular weight excluding hydrogens is 460 g/mol. The van der Waals surface area contributed by atoms with Crippen molar-refractivity contribution in [3.63, 3.8) is 0 Å². The predicted molar refractivity (Wildman–Crippen MR) is 139 cm³/mol. The summed E-state index contributed by atoms with van der Waals surface area (Å²) in [6.07, 6.45) is 14.4. The molecule has 1 amide bonds. The SMILES string of the molecule is CC1CCC(S(=O)(=O)N2CCC(C3CCN4NCC(C(=O)NCC5CCCCC5)C4C3)CC2)CC1. The van der Waals surface area contributed by atoms with Crippen LogP contribution in [0.4, 0.5) is 0 Å². The van der Waals surface area contributed by atoms with Gasteiger partial charge in [0.1, 0.15) is 0 Å². The molecule has 5 aliphatic rings. The van der Waals surface area contributed by atoms with Crippen LogP contribution in [-0.2, 0) is 14.8 Å². The molecule has 3 atom stereocenters. The first-order valence-electron chi connectivity index (χ1n) is 14.7. The smallest absolute Gasteiger partial charge is 0.226 e. The summed E-state index contributed by atoms with van der Waals surface area (Å²) in [5, 5.41) is 5.47. The van der Waals surface area contributed by atoms with Gasteiger partial charge in [-0.1, -0.05) is 26.2 Å². The summed E-state index contributed by atoms with van der Waals surface area (Å²) in [5.41, 5.74) is 3.50. The topological polar surface area (TPSA) is 81.8 Å². The van der Waals surface area contributed by atoms with Crippen LogP contribution < -0.4 is 10.7 Å². The van der Waals surface area contributed by atoms with E-state index in [-0.39, 0.29) is 23.1 Å². The molecule has 2 N–H and O–H groups in total. The lowest BCUT2D eigenvalue weighted by atomic mass is 9.75. The van der Waals surface area contributed by atoms with E-state index in [0.29, 0.717) is 36.8 Å². The molecule has 0 bridgehead atoms. The number of rotatable bonds is 6. The molecular formula is C27H48N4O3S. The molecule has 200 valence electrons. The fourth-order valence-corrected chi connectivity index (χ4v) is 9.77. The van der Waals surface area contributed by atoms with E-state index in [1.807, 2.05) is 4.31 Å². The molecule has 5 fully saturated rings. The van der Waals surface area contributed by atoms with Gasteiger partial charge in [-0.3, -0.25) is 10.2 Å². The Hall–Kier alpha value is -0.700. The highest BCUT2D eigenvalue weighted by Crippen LogP contribution is 2.39. The Kier molecular flexibility index (Phi) is 8.42. The number of hydrazine groups is 1. The Balaban J connectivity index is 1.11. The molecule has 0 aromatic heterocycles. The van der Waals surface area contributed by atoms with Crippen molar-refractivity contribution in [2.24, 2.45) is 29.6 Å². The van der Waals surface area contributed by atoms with E-state index in [1.54, 1.807) is 0 Å². The predicted octanol–water partition coefficient (Wildman–Crippen LogP) is 3.52. The zero-order valence-electron chi connectivity index (χ0n) is 21.8. The molecule has 5 rings (SSSR count). The van der Waals surface area contributed by atoms with Crippen LogP contribution in [0.2, 0.25) is 0 Å². The van der Waals surface area contributed by atoms with Gasteiger partial charge in [-0.2, -0.15) is 0 Å². The monoisotopic (exact) mass is 508 g/mol. The van der Waals surface area contributed by atoms with Gasteiger partial charge in [0, 0.05) is 38.8 Å². The summed E-state index contributed by atoms with van der Waals surface area (Å²) in [6, 6.07) is 0.283. The van der Waals surface area contributed by atoms with Crippen LogP contribution in [0.1, 0.15) is 90.4 Å². The van der Waals surface area contributed by atoms with E-state index >= 15 is 0 Å². The molecule has 3 saturated heterocycles. The lowest BCUT2D eigenvalue weighted by Crippen LogP contribution is -2.50. The van der Waals surface area contributed by atoms with Gasteiger partial charge in [0.15, 0.2) is 0 Å². The van der Waals surface area contributed by atoms with Crippen LogP contribution in [0, 0.1) is 29.6 Å². The number of hydrogen-bond donors (Lipinski definition) is 2. The van der Waals surface area contributed by atoms with Crippen molar-refractivity contribution < 1.29 is 13.2 Å². The van der Waals surface area contributed by atoms with E-state index in [2.05, 4.69) is 22.7 Å². The molecule has 7 nitrogen and oxygen atoms in total. The molecule has 2 saturated carbocycles. The molecule has 0 aromatic rings. The van der Waals surface area contributed by atoms with Crippen LogP contribution in [-0.4, -0.2) is 67.7 Å². The Labute approximate surface area is 213 Å². The summed E-state index contributed by atoms with van der Waals surface area (Å²) < 4.78 is 28.3. The summed E-state index contributed by atoms with van der Waals surface area (Å²) in [7, 11) is -3.15. The van der Waals surface area contributed by atoms with Gasteiger partial charge in [-0.25, -0.2) is 17.7 Å². The standard InChI is InChI=1S/C27H48N4O3S/c1-20-7-9-24(10-8-20)35(33,34)30-14-11-22(12-15-30)23-13-16-31-26(17-23)25(19-29-31)27(32)28-18-21-5-3-2-4-6-21/h20-26,29H,2-19H2,1H3,(H,28,32). The number of hydrogen-bond acceptors (Lipinski definition) is 5. The zero-order valence-corrected chi connectivity index (χ0v) is 22.6. The highest BCUT2D eigenvalue weighted by atomic mass is 32.2. The summed E-state index contributed by atoms with van der Waals surface area (Å²) in [6.45, 7) is 6.22. The molecule has 0 spiro atoms. The maximum absolute atomic E-state index is 13.2. The van der Waals surface area contributed by atoms with Crippen molar-refractivity contribution >= 4 is 15.9 Å². The van der Waals surface area contributed by atoms with Crippen molar-refractivity contribution in [1.29, 1.82) is 0 Å². The number of carbonyl (C=O) groups excluding carboxylic acids is 1. The van der Waals surface area contributed by atoms with Gasteiger partial charge in [-0.15, -0.1) is 0 Å². The van der Waals surface area contributed by atoms with Crippen molar-refractivity contribution in [3.8, 4) is 0 Å². The third-order valence-electron chi connectivity index (χ3n) is 10.2. The number of nitrogens with zero attached hydrogens (tertiary/aromatic N) is 2. The molecule has 0 radical (unpaired) electrons. The van der Waals surface area contributed by atoms with E-state index in [9.17, 15) is 13.2 Å². The van der Waals surface area contributed by atoms with E-state index < -0.39 is 10.0 Å². The van der Waals surface area contributed by atoms with E-state index in [4.69, 9.17) is 0 Å². The Morgan fingerprint density at radius 1 is 0.886 bits per heavy atom. The molecule has 2 aliphatic carbocycles. The molecule has 0 aromatic carbocycles. The fraction of sp³-hybridized carbons (Fsp3) is 0.963.